The summed E-state index contributed by atoms with van der Waals surface area (Å²) < 4.78 is 6.29. The van der Waals surface area contributed by atoms with Crippen molar-refractivity contribution in [3.8, 4) is 5.75 Å². The summed E-state index contributed by atoms with van der Waals surface area (Å²) in [5.41, 5.74) is 3.32. The fourth-order valence-corrected chi connectivity index (χ4v) is 5.02. The second-order valence-corrected chi connectivity index (χ2v) is 9.61. The van der Waals surface area contributed by atoms with Crippen molar-refractivity contribution in [1.29, 1.82) is 0 Å². The number of rotatable bonds is 6. The van der Waals surface area contributed by atoms with Crippen LogP contribution in [0.15, 0.2) is 54.3 Å². The number of carbonyl (C=O) groups excluding carboxylic acids is 1. The second-order valence-electron chi connectivity index (χ2n) is 8.37. The number of carbonyl (C=O) groups is 1. The van der Waals surface area contributed by atoms with E-state index in [0.717, 1.165) is 59.4 Å². The summed E-state index contributed by atoms with van der Waals surface area (Å²) in [7, 11) is 0. The molecule has 1 aromatic carbocycles. The first kappa shape index (κ1) is 22.6. The summed E-state index contributed by atoms with van der Waals surface area (Å²) in [5.74, 6) is 1.57. The van der Waals surface area contributed by atoms with Gasteiger partial charge in [-0.15, -0.1) is 11.3 Å². The Hall–Kier alpha value is -3.23. The molecule has 34 heavy (non-hydrogen) atoms. The SMILES string of the molecule is Cc1ncsc1C(=O)NC1CCC(Oc2ccc3c(Nc4ccc(Cl)nc4)nccc3c2)CC1. The molecule has 0 radical (unpaired) electrons. The molecule has 5 rings (SSSR count). The molecule has 0 spiro atoms. The normalized spacial score (nSPS) is 17.9. The first-order valence-electron chi connectivity index (χ1n) is 11.2. The quantitative estimate of drug-likeness (QED) is 0.324. The van der Waals surface area contributed by atoms with Crippen molar-refractivity contribution < 1.29 is 9.53 Å². The Labute approximate surface area is 206 Å². The molecular weight excluding hydrogens is 470 g/mol. The summed E-state index contributed by atoms with van der Waals surface area (Å²) in [5, 5.41) is 8.93. The van der Waals surface area contributed by atoms with Gasteiger partial charge in [0.2, 0.25) is 0 Å². The maximum absolute atomic E-state index is 12.5. The highest BCUT2D eigenvalue weighted by atomic mass is 35.5. The van der Waals surface area contributed by atoms with Crippen LogP contribution in [0.3, 0.4) is 0 Å². The minimum absolute atomic E-state index is 0.0219. The lowest BCUT2D eigenvalue weighted by Gasteiger charge is -2.29. The topological polar surface area (TPSA) is 89.0 Å². The van der Waals surface area contributed by atoms with Crippen molar-refractivity contribution >= 4 is 51.1 Å². The minimum atomic E-state index is -0.0219. The van der Waals surface area contributed by atoms with E-state index >= 15 is 0 Å². The maximum atomic E-state index is 12.5. The number of fused-ring (bicyclic) bond motifs is 1. The largest absolute Gasteiger partial charge is 0.490 e. The third-order valence-electron chi connectivity index (χ3n) is 5.99. The number of aromatic nitrogens is 3. The highest BCUT2D eigenvalue weighted by molar-refractivity contribution is 7.11. The Morgan fingerprint density at radius 3 is 2.68 bits per heavy atom. The van der Waals surface area contributed by atoms with Crippen molar-refractivity contribution in [2.75, 3.05) is 5.32 Å². The second kappa shape index (κ2) is 9.95. The molecule has 174 valence electrons. The lowest BCUT2D eigenvalue weighted by atomic mass is 9.93. The van der Waals surface area contributed by atoms with Crippen LogP contribution in [-0.2, 0) is 0 Å². The number of benzene rings is 1. The molecule has 0 saturated heterocycles. The van der Waals surface area contributed by atoms with Gasteiger partial charge in [0.05, 0.1) is 29.2 Å². The number of halogens is 1. The fraction of sp³-hybridized carbons (Fsp3) is 0.280. The molecule has 7 nitrogen and oxygen atoms in total. The van der Waals surface area contributed by atoms with Crippen molar-refractivity contribution in [3.63, 3.8) is 0 Å². The Kier molecular flexibility index (Phi) is 6.60. The molecule has 1 amide bonds. The maximum Gasteiger partial charge on any atom is 0.263 e. The summed E-state index contributed by atoms with van der Waals surface area (Å²) >= 11 is 7.26. The third kappa shape index (κ3) is 5.13. The molecule has 3 heterocycles. The molecule has 0 atom stereocenters. The molecule has 2 N–H and O–H groups in total. The van der Waals surface area contributed by atoms with Gasteiger partial charge in [-0.1, -0.05) is 11.6 Å². The summed E-state index contributed by atoms with van der Waals surface area (Å²) in [6.07, 6.45) is 7.18. The number of thiazole rings is 1. The van der Waals surface area contributed by atoms with Gasteiger partial charge in [-0.2, -0.15) is 0 Å². The molecule has 0 bridgehead atoms. The summed E-state index contributed by atoms with van der Waals surface area (Å²) in [4.78, 5) is 25.9. The highest BCUT2D eigenvalue weighted by Gasteiger charge is 2.25. The van der Waals surface area contributed by atoms with Crippen LogP contribution in [-0.4, -0.2) is 33.0 Å². The van der Waals surface area contributed by atoms with E-state index in [0.29, 0.717) is 10.0 Å². The average molecular weight is 494 g/mol. The number of nitrogens with zero attached hydrogens (tertiary/aromatic N) is 3. The van der Waals surface area contributed by atoms with Crippen LogP contribution in [0.25, 0.3) is 10.8 Å². The van der Waals surface area contributed by atoms with E-state index < -0.39 is 0 Å². The van der Waals surface area contributed by atoms with E-state index in [1.165, 1.54) is 11.3 Å². The smallest absolute Gasteiger partial charge is 0.263 e. The number of ether oxygens (including phenoxy) is 1. The molecule has 1 aliphatic carbocycles. The molecular formula is C25H24ClN5O2S. The molecule has 1 saturated carbocycles. The molecule has 0 aliphatic heterocycles. The first-order valence-corrected chi connectivity index (χ1v) is 12.5. The Bertz CT molecular complexity index is 1300. The van der Waals surface area contributed by atoms with Crippen LogP contribution >= 0.6 is 22.9 Å². The molecule has 3 aromatic heterocycles. The van der Waals surface area contributed by atoms with Gasteiger partial charge < -0.3 is 15.4 Å². The van der Waals surface area contributed by atoms with Crippen LogP contribution in [0.5, 0.6) is 5.75 Å². The van der Waals surface area contributed by atoms with Gasteiger partial charge in [-0.3, -0.25) is 4.79 Å². The molecule has 1 aliphatic rings. The van der Waals surface area contributed by atoms with Crippen LogP contribution < -0.4 is 15.4 Å². The number of hydrogen-bond donors (Lipinski definition) is 2. The van der Waals surface area contributed by atoms with E-state index in [9.17, 15) is 4.79 Å². The van der Waals surface area contributed by atoms with E-state index in [1.807, 2.05) is 37.3 Å². The average Bonchev–Trinajstić information content (AvgIpc) is 3.28. The first-order chi connectivity index (χ1) is 16.5. The van der Waals surface area contributed by atoms with Gasteiger partial charge in [-0.25, -0.2) is 15.0 Å². The lowest BCUT2D eigenvalue weighted by Crippen LogP contribution is -2.39. The summed E-state index contributed by atoms with van der Waals surface area (Å²) in [6.45, 7) is 1.86. The van der Waals surface area contributed by atoms with Gasteiger partial charge in [0.1, 0.15) is 21.6 Å². The van der Waals surface area contributed by atoms with E-state index in [1.54, 1.807) is 24.0 Å². The number of amides is 1. The lowest BCUT2D eigenvalue weighted by molar-refractivity contribution is 0.0897. The molecule has 0 unspecified atom stereocenters. The van der Waals surface area contributed by atoms with E-state index in [2.05, 4.69) is 25.6 Å². The van der Waals surface area contributed by atoms with Crippen molar-refractivity contribution in [2.24, 2.45) is 0 Å². The fourth-order valence-electron chi connectivity index (χ4n) is 4.20. The molecule has 9 heteroatoms. The van der Waals surface area contributed by atoms with Gasteiger partial charge >= 0.3 is 0 Å². The predicted molar refractivity (Wildman–Crippen MR) is 135 cm³/mol. The zero-order valence-electron chi connectivity index (χ0n) is 18.6. The van der Waals surface area contributed by atoms with Crippen molar-refractivity contribution in [3.05, 3.63) is 70.0 Å². The number of aryl methyl sites for hydroxylation is 1. The number of hydrogen-bond acceptors (Lipinski definition) is 7. The summed E-state index contributed by atoms with van der Waals surface area (Å²) in [6, 6.07) is 11.8. The van der Waals surface area contributed by atoms with Crippen LogP contribution in [0.4, 0.5) is 11.5 Å². The van der Waals surface area contributed by atoms with Crippen LogP contribution in [0.1, 0.15) is 41.0 Å². The Balaban J connectivity index is 1.20. The number of nitrogens with one attached hydrogen (secondary N) is 2. The predicted octanol–water partition coefficient (Wildman–Crippen LogP) is 5.91. The minimum Gasteiger partial charge on any atom is -0.490 e. The van der Waals surface area contributed by atoms with E-state index in [4.69, 9.17) is 16.3 Å². The van der Waals surface area contributed by atoms with Gasteiger partial charge in [0.25, 0.3) is 5.91 Å². The highest BCUT2D eigenvalue weighted by Crippen LogP contribution is 2.30. The van der Waals surface area contributed by atoms with Crippen LogP contribution in [0, 0.1) is 6.92 Å². The van der Waals surface area contributed by atoms with Crippen molar-refractivity contribution in [2.45, 2.75) is 44.8 Å². The third-order valence-corrected chi connectivity index (χ3v) is 7.14. The van der Waals surface area contributed by atoms with Crippen molar-refractivity contribution in [1.82, 2.24) is 20.3 Å². The number of pyridine rings is 2. The monoisotopic (exact) mass is 493 g/mol. The zero-order chi connectivity index (χ0) is 23.5. The Morgan fingerprint density at radius 1 is 1.09 bits per heavy atom. The number of anilines is 2. The van der Waals surface area contributed by atoms with Gasteiger partial charge in [0.15, 0.2) is 0 Å². The standard InChI is InChI=1S/C25H24ClN5O2S/c1-15-23(34-14-29-15)25(32)31-17-2-5-19(6-3-17)33-20-7-8-21-16(12-20)10-11-27-24(21)30-18-4-9-22(26)28-13-18/h4,7-14,17,19H,2-3,5-6H2,1H3,(H,27,30)(H,31,32). The molecule has 1 fully saturated rings. The van der Waals surface area contributed by atoms with Gasteiger partial charge in [0, 0.05) is 17.6 Å². The molecule has 4 aromatic rings. The van der Waals surface area contributed by atoms with Gasteiger partial charge in [-0.05, 0) is 74.4 Å². The zero-order valence-corrected chi connectivity index (χ0v) is 20.2. The van der Waals surface area contributed by atoms with Crippen LogP contribution in [0.2, 0.25) is 5.15 Å². The Morgan fingerprint density at radius 2 is 1.94 bits per heavy atom. The van der Waals surface area contributed by atoms with E-state index in [-0.39, 0.29) is 18.1 Å².